The van der Waals surface area contributed by atoms with Gasteiger partial charge in [0.2, 0.25) is 0 Å². The van der Waals surface area contributed by atoms with Crippen molar-refractivity contribution >= 4 is 33.9 Å². The van der Waals surface area contributed by atoms with Gasteiger partial charge in [-0.25, -0.2) is 4.79 Å². The van der Waals surface area contributed by atoms with Gasteiger partial charge in [0.1, 0.15) is 11.1 Å². The zero-order chi connectivity index (χ0) is 19.6. The van der Waals surface area contributed by atoms with Crippen LogP contribution in [0.2, 0.25) is 0 Å². The normalized spacial score (nSPS) is 12.1. The number of carbonyl (C=O) groups excluding carboxylic acids is 2. The minimum atomic E-state index is -0.752. The van der Waals surface area contributed by atoms with E-state index in [0.717, 1.165) is 29.7 Å². The third-order valence-electron chi connectivity index (χ3n) is 4.25. The molecular formula is C18H15N3O5S. The van der Waals surface area contributed by atoms with E-state index in [1.807, 2.05) is 0 Å². The van der Waals surface area contributed by atoms with Crippen LogP contribution in [-0.2, 0) is 22.4 Å². The number of nitrogens with zero attached hydrogens (tertiary/aromatic N) is 2. The van der Waals surface area contributed by atoms with Gasteiger partial charge in [0, 0.05) is 16.5 Å². The van der Waals surface area contributed by atoms with Crippen LogP contribution in [0.1, 0.15) is 38.3 Å². The van der Waals surface area contributed by atoms with Crippen LogP contribution in [0.25, 0.3) is 0 Å². The highest BCUT2D eigenvalue weighted by Gasteiger charge is 2.23. The number of carbonyl (C=O) groups is 2. The van der Waals surface area contributed by atoms with Gasteiger partial charge in [-0.1, -0.05) is 0 Å². The first-order chi connectivity index (χ1) is 12.9. The highest BCUT2D eigenvalue weighted by molar-refractivity contribution is 7.16. The molecule has 0 saturated heterocycles. The van der Waals surface area contributed by atoms with Crippen molar-refractivity contribution in [1.29, 1.82) is 5.26 Å². The number of hydrogen-bond acceptors (Lipinski definition) is 7. The topological polar surface area (TPSA) is 122 Å². The molecule has 0 spiro atoms. The van der Waals surface area contributed by atoms with Crippen molar-refractivity contribution in [1.82, 2.24) is 0 Å². The highest BCUT2D eigenvalue weighted by Crippen LogP contribution is 2.38. The second kappa shape index (κ2) is 7.55. The number of nitro benzene ring substituents is 1. The molecule has 0 fully saturated rings. The molecule has 0 aliphatic heterocycles. The molecule has 9 heteroatoms. The molecule has 1 heterocycles. The van der Waals surface area contributed by atoms with Gasteiger partial charge in [-0.2, -0.15) is 5.26 Å². The molecule has 0 bridgehead atoms. The van der Waals surface area contributed by atoms with Crippen LogP contribution in [0.4, 0.5) is 10.7 Å². The Kier molecular flexibility index (Phi) is 5.19. The van der Waals surface area contributed by atoms with Crippen molar-refractivity contribution in [2.75, 3.05) is 11.9 Å². The Morgan fingerprint density at radius 2 is 2.19 bits per heavy atom. The molecule has 1 aromatic carbocycles. The van der Waals surface area contributed by atoms with E-state index >= 15 is 0 Å². The first-order valence-corrected chi connectivity index (χ1v) is 8.99. The van der Waals surface area contributed by atoms with E-state index in [-0.39, 0.29) is 11.3 Å². The lowest BCUT2D eigenvalue weighted by Gasteiger charge is -2.07. The summed E-state index contributed by atoms with van der Waals surface area (Å²) in [6.45, 7) is 1.00. The largest absolute Gasteiger partial charge is 0.452 e. The van der Waals surface area contributed by atoms with Gasteiger partial charge in [0.05, 0.1) is 16.1 Å². The number of rotatable bonds is 5. The molecule has 0 saturated carbocycles. The second-order valence-corrected chi connectivity index (χ2v) is 7.16. The molecule has 1 N–H and O–H groups in total. The Hall–Kier alpha value is -3.25. The fourth-order valence-electron chi connectivity index (χ4n) is 2.98. The van der Waals surface area contributed by atoms with Crippen LogP contribution in [0.15, 0.2) is 18.2 Å². The minimum absolute atomic E-state index is 0.0981. The monoisotopic (exact) mass is 385 g/mol. The molecule has 1 aliphatic carbocycles. The number of thiophene rings is 1. The van der Waals surface area contributed by atoms with E-state index in [2.05, 4.69) is 11.4 Å². The summed E-state index contributed by atoms with van der Waals surface area (Å²) in [5, 5.41) is 23.2. The van der Waals surface area contributed by atoms with Crippen LogP contribution in [0.3, 0.4) is 0 Å². The summed E-state index contributed by atoms with van der Waals surface area (Å²) in [6, 6.07) is 5.97. The van der Waals surface area contributed by atoms with Gasteiger partial charge in [-0.05, 0) is 43.9 Å². The van der Waals surface area contributed by atoms with Gasteiger partial charge in [-0.15, -0.1) is 11.3 Å². The van der Waals surface area contributed by atoms with E-state index in [0.29, 0.717) is 16.1 Å². The summed E-state index contributed by atoms with van der Waals surface area (Å²) in [5.74, 6) is -1.30. The summed E-state index contributed by atoms with van der Waals surface area (Å²) in [5.41, 5.74) is 1.83. The van der Waals surface area contributed by atoms with Crippen LogP contribution >= 0.6 is 11.3 Å². The van der Waals surface area contributed by atoms with Crippen molar-refractivity contribution in [3.63, 3.8) is 0 Å². The molecule has 1 aromatic heterocycles. The zero-order valence-electron chi connectivity index (χ0n) is 14.4. The van der Waals surface area contributed by atoms with E-state index in [1.165, 1.54) is 36.5 Å². The maximum absolute atomic E-state index is 12.1. The molecule has 0 unspecified atom stereocenters. The maximum atomic E-state index is 12.1. The predicted molar refractivity (Wildman–Crippen MR) is 97.8 cm³/mol. The SMILES string of the molecule is Cc1cc(C(=O)OCC(=O)Nc2sc3c(c2C#N)CCC3)ccc1[N+](=O)[O-]. The van der Waals surface area contributed by atoms with E-state index < -0.39 is 23.4 Å². The van der Waals surface area contributed by atoms with Crippen LogP contribution in [0, 0.1) is 28.4 Å². The zero-order valence-corrected chi connectivity index (χ0v) is 15.2. The summed E-state index contributed by atoms with van der Waals surface area (Å²) in [4.78, 5) is 35.5. The third-order valence-corrected chi connectivity index (χ3v) is 5.46. The van der Waals surface area contributed by atoms with E-state index in [1.54, 1.807) is 0 Å². The number of hydrogen-bond donors (Lipinski definition) is 1. The van der Waals surface area contributed by atoms with Crippen molar-refractivity contribution < 1.29 is 19.2 Å². The molecule has 1 amide bonds. The quantitative estimate of drug-likeness (QED) is 0.479. The Labute approximate surface area is 158 Å². The lowest BCUT2D eigenvalue weighted by atomic mass is 10.1. The standard InChI is InChI=1S/C18H15N3O5S/c1-10-7-11(5-6-14(10)21(24)25)18(23)26-9-16(22)20-17-13(8-19)12-3-2-4-15(12)27-17/h5-7H,2-4,9H2,1H3,(H,20,22). The van der Waals surface area contributed by atoms with Gasteiger partial charge in [0.15, 0.2) is 6.61 Å². The molecule has 0 atom stereocenters. The highest BCUT2D eigenvalue weighted by atomic mass is 32.1. The fraction of sp³-hybridized carbons (Fsp3) is 0.278. The molecular weight excluding hydrogens is 370 g/mol. The van der Waals surface area contributed by atoms with Gasteiger partial charge in [0.25, 0.3) is 11.6 Å². The summed E-state index contributed by atoms with van der Waals surface area (Å²) in [6.07, 6.45) is 2.74. The number of anilines is 1. The number of nitrogens with one attached hydrogen (secondary N) is 1. The van der Waals surface area contributed by atoms with Gasteiger partial charge >= 0.3 is 5.97 Å². The Morgan fingerprint density at radius 1 is 1.41 bits per heavy atom. The molecule has 138 valence electrons. The maximum Gasteiger partial charge on any atom is 0.338 e. The lowest BCUT2D eigenvalue weighted by molar-refractivity contribution is -0.385. The molecule has 27 heavy (non-hydrogen) atoms. The van der Waals surface area contributed by atoms with Crippen LogP contribution in [0.5, 0.6) is 0 Å². The average molecular weight is 385 g/mol. The molecule has 3 rings (SSSR count). The Morgan fingerprint density at radius 3 is 2.85 bits per heavy atom. The third kappa shape index (κ3) is 3.80. The number of amides is 1. The molecule has 2 aromatic rings. The molecule has 8 nitrogen and oxygen atoms in total. The second-order valence-electron chi connectivity index (χ2n) is 6.06. The lowest BCUT2D eigenvalue weighted by Crippen LogP contribution is -2.21. The first kappa shape index (κ1) is 18.5. The Balaban J connectivity index is 1.61. The van der Waals surface area contributed by atoms with Crippen molar-refractivity contribution in [3.05, 3.63) is 55.4 Å². The Bertz CT molecular complexity index is 990. The van der Waals surface area contributed by atoms with Crippen molar-refractivity contribution in [2.45, 2.75) is 26.2 Å². The van der Waals surface area contributed by atoms with Crippen LogP contribution < -0.4 is 5.32 Å². The number of esters is 1. The number of nitro groups is 1. The number of nitriles is 1. The van der Waals surface area contributed by atoms with Crippen LogP contribution in [-0.4, -0.2) is 23.4 Å². The van der Waals surface area contributed by atoms with Gasteiger partial charge < -0.3 is 10.1 Å². The summed E-state index contributed by atoms with van der Waals surface area (Å²) < 4.78 is 4.97. The number of benzene rings is 1. The van der Waals surface area contributed by atoms with E-state index in [4.69, 9.17) is 4.74 Å². The fourth-order valence-corrected chi connectivity index (χ4v) is 4.23. The number of fused-ring (bicyclic) bond motifs is 1. The molecule has 1 aliphatic rings. The smallest absolute Gasteiger partial charge is 0.338 e. The first-order valence-electron chi connectivity index (χ1n) is 8.17. The predicted octanol–water partition coefficient (Wildman–Crippen LogP) is 3.12. The number of ether oxygens (including phenoxy) is 1. The number of aryl methyl sites for hydroxylation is 2. The summed E-state index contributed by atoms with van der Waals surface area (Å²) >= 11 is 1.38. The van der Waals surface area contributed by atoms with Crippen molar-refractivity contribution in [3.8, 4) is 6.07 Å². The van der Waals surface area contributed by atoms with E-state index in [9.17, 15) is 25.0 Å². The van der Waals surface area contributed by atoms with Crippen molar-refractivity contribution in [2.24, 2.45) is 0 Å². The minimum Gasteiger partial charge on any atom is -0.452 e. The average Bonchev–Trinajstić information content (AvgIpc) is 3.19. The molecule has 0 radical (unpaired) electrons. The van der Waals surface area contributed by atoms with Gasteiger partial charge in [-0.3, -0.25) is 14.9 Å². The summed E-state index contributed by atoms with van der Waals surface area (Å²) in [7, 11) is 0.